The zero-order chi connectivity index (χ0) is 17.1. The Bertz CT molecular complexity index is 817. The molecule has 0 unspecified atom stereocenters. The minimum absolute atomic E-state index is 0.0709. The van der Waals surface area contributed by atoms with E-state index < -0.39 is 15.8 Å². The van der Waals surface area contributed by atoms with Crippen LogP contribution in [0.15, 0.2) is 36.4 Å². The van der Waals surface area contributed by atoms with Crippen molar-refractivity contribution in [2.24, 2.45) is 0 Å². The van der Waals surface area contributed by atoms with Crippen LogP contribution in [0, 0.1) is 34.1 Å². The Morgan fingerprint density at radius 2 is 1.61 bits per heavy atom. The molecule has 0 spiro atoms. The van der Waals surface area contributed by atoms with Crippen molar-refractivity contribution in [3.8, 4) is 0 Å². The number of nitro groups is 2. The van der Waals surface area contributed by atoms with Gasteiger partial charge in [0.1, 0.15) is 5.69 Å². The molecule has 2 rings (SSSR count). The number of rotatable bonds is 4. The molecular formula is C15H13N3O5. The molecule has 2 aromatic carbocycles. The van der Waals surface area contributed by atoms with E-state index in [0.717, 1.165) is 0 Å². The monoisotopic (exact) mass is 315 g/mol. The molecule has 0 aliphatic heterocycles. The summed E-state index contributed by atoms with van der Waals surface area (Å²) in [5, 5.41) is 24.3. The molecule has 0 saturated carbocycles. The van der Waals surface area contributed by atoms with Crippen LogP contribution in [0.5, 0.6) is 0 Å². The van der Waals surface area contributed by atoms with Gasteiger partial charge in [0.25, 0.3) is 17.3 Å². The number of amides is 1. The number of anilines is 1. The van der Waals surface area contributed by atoms with Gasteiger partial charge >= 0.3 is 0 Å². The summed E-state index contributed by atoms with van der Waals surface area (Å²) in [5.41, 5.74) is 0.978. The third-order valence-electron chi connectivity index (χ3n) is 3.25. The van der Waals surface area contributed by atoms with Gasteiger partial charge in [0.2, 0.25) is 0 Å². The lowest BCUT2D eigenvalue weighted by molar-refractivity contribution is -0.385. The first-order valence-corrected chi connectivity index (χ1v) is 6.61. The zero-order valence-corrected chi connectivity index (χ0v) is 12.4. The Morgan fingerprint density at radius 3 is 2.17 bits per heavy atom. The summed E-state index contributed by atoms with van der Waals surface area (Å²) >= 11 is 0. The van der Waals surface area contributed by atoms with Gasteiger partial charge in [-0.15, -0.1) is 0 Å². The molecule has 0 aliphatic rings. The fourth-order valence-electron chi connectivity index (χ4n) is 2.09. The molecule has 1 amide bonds. The third kappa shape index (κ3) is 3.49. The molecule has 0 radical (unpaired) electrons. The number of hydrogen-bond acceptors (Lipinski definition) is 5. The van der Waals surface area contributed by atoms with Crippen LogP contribution < -0.4 is 5.32 Å². The number of nitrogens with one attached hydrogen (secondary N) is 1. The number of carbonyl (C=O) groups excluding carboxylic acids is 1. The van der Waals surface area contributed by atoms with Crippen molar-refractivity contribution in [2.45, 2.75) is 13.8 Å². The first-order valence-electron chi connectivity index (χ1n) is 6.61. The van der Waals surface area contributed by atoms with Gasteiger partial charge in [-0.1, -0.05) is 6.07 Å². The van der Waals surface area contributed by atoms with Gasteiger partial charge in [0.15, 0.2) is 0 Å². The molecule has 23 heavy (non-hydrogen) atoms. The van der Waals surface area contributed by atoms with Gasteiger partial charge in [-0.3, -0.25) is 25.0 Å². The van der Waals surface area contributed by atoms with Crippen molar-refractivity contribution < 1.29 is 14.6 Å². The number of nitrogens with zero attached hydrogens (tertiary/aromatic N) is 2. The second-order valence-electron chi connectivity index (χ2n) is 4.99. The smallest absolute Gasteiger partial charge is 0.293 e. The van der Waals surface area contributed by atoms with E-state index in [1.54, 1.807) is 13.0 Å². The molecule has 0 atom stereocenters. The van der Waals surface area contributed by atoms with Crippen molar-refractivity contribution in [3.63, 3.8) is 0 Å². The Hall–Kier alpha value is -3.29. The molecule has 1 N–H and O–H groups in total. The lowest BCUT2D eigenvalue weighted by atomic mass is 10.1. The summed E-state index contributed by atoms with van der Waals surface area (Å²) < 4.78 is 0. The topological polar surface area (TPSA) is 115 Å². The molecule has 2 aromatic rings. The van der Waals surface area contributed by atoms with Crippen LogP contribution in [-0.4, -0.2) is 15.8 Å². The maximum absolute atomic E-state index is 12.2. The van der Waals surface area contributed by atoms with E-state index in [-0.39, 0.29) is 22.6 Å². The maximum Gasteiger partial charge on any atom is 0.293 e. The first kappa shape index (κ1) is 16.1. The van der Waals surface area contributed by atoms with Gasteiger partial charge in [0.05, 0.1) is 9.85 Å². The van der Waals surface area contributed by atoms with E-state index in [9.17, 15) is 25.0 Å². The van der Waals surface area contributed by atoms with Crippen LogP contribution in [0.1, 0.15) is 21.5 Å². The molecule has 0 saturated heterocycles. The molecule has 0 heterocycles. The van der Waals surface area contributed by atoms with Gasteiger partial charge in [0, 0.05) is 23.3 Å². The van der Waals surface area contributed by atoms with Crippen LogP contribution in [0.4, 0.5) is 17.1 Å². The second kappa shape index (κ2) is 6.22. The van der Waals surface area contributed by atoms with E-state index in [4.69, 9.17) is 0 Å². The van der Waals surface area contributed by atoms with Gasteiger partial charge < -0.3 is 5.32 Å². The summed E-state index contributed by atoms with van der Waals surface area (Å²) in [6.07, 6.45) is 0. The predicted molar refractivity (Wildman–Crippen MR) is 83.6 cm³/mol. The normalized spacial score (nSPS) is 10.2. The molecule has 118 valence electrons. The minimum atomic E-state index is -0.580. The van der Waals surface area contributed by atoms with E-state index in [0.29, 0.717) is 11.1 Å². The lowest BCUT2D eigenvalue weighted by Crippen LogP contribution is -2.13. The van der Waals surface area contributed by atoms with Crippen molar-refractivity contribution in [1.29, 1.82) is 0 Å². The summed E-state index contributed by atoms with van der Waals surface area (Å²) in [6, 6.07) is 8.35. The van der Waals surface area contributed by atoms with Gasteiger partial charge in [-0.05, 0) is 37.6 Å². The minimum Gasteiger partial charge on any atom is -0.316 e. The van der Waals surface area contributed by atoms with E-state index in [1.165, 1.54) is 37.3 Å². The Labute approximate surface area is 131 Å². The Kier molecular flexibility index (Phi) is 4.35. The molecular weight excluding hydrogens is 302 g/mol. The zero-order valence-electron chi connectivity index (χ0n) is 12.4. The predicted octanol–water partition coefficient (Wildman–Crippen LogP) is 3.37. The van der Waals surface area contributed by atoms with Crippen LogP contribution in [0.2, 0.25) is 0 Å². The van der Waals surface area contributed by atoms with Crippen LogP contribution >= 0.6 is 0 Å². The lowest BCUT2D eigenvalue weighted by Gasteiger charge is -2.07. The fraction of sp³-hybridized carbons (Fsp3) is 0.133. The molecule has 0 bridgehead atoms. The fourth-order valence-corrected chi connectivity index (χ4v) is 2.09. The molecule has 0 aromatic heterocycles. The summed E-state index contributed by atoms with van der Waals surface area (Å²) in [6.45, 7) is 3.22. The average Bonchev–Trinajstić information content (AvgIpc) is 2.48. The van der Waals surface area contributed by atoms with Crippen LogP contribution in [0.3, 0.4) is 0 Å². The number of carbonyl (C=O) groups is 1. The van der Waals surface area contributed by atoms with Crippen molar-refractivity contribution in [3.05, 3.63) is 73.3 Å². The highest BCUT2D eigenvalue weighted by Crippen LogP contribution is 2.26. The highest BCUT2D eigenvalue weighted by atomic mass is 16.6. The number of benzene rings is 2. The molecule has 0 fully saturated rings. The highest BCUT2D eigenvalue weighted by Gasteiger charge is 2.18. The van der Waals surface area contributed by atoms with E-state index in [1.807, 2.05) is 0 Å². The standard InChI is InChI=1S/C15H13N3O5/c1-9-3-5-12(14(7-9)18(22)23)16-15(19)11-4-6-13(17(20)21)10(2)8-11/h3-8H,1-2H3,(H,16,19). The number of nitro benzene ring substituents is 2. The van der Waals surface area contributed by atoms with Gasteiger partial charge in [-0.2, -0.15) is 0 Å². The van der Waals surface area contributed by atoms with Crippen LogP contribution in [0.25, 0.3) is 0 Å². The van der Waals surface area contributed by atoms with Crippen molar-refractivity contribution in [1.82, 2.24) is 0 Å². The highest BCUT2D eigenvalue weighted by molar-refractivity contribution is 6.05. The van der Waals surface area contributed by atoms with E-state index in [2.05, 4.69) is 5.32 Å². The second-order valence-corrected chi connectivity index (χ2v) is 4.99. The van der Waals surface area contributed by atoms with Gasteiger partial charge in [-0.25, -0.2) is 0 Å². The van der Waals surface area contributed by atoms with Crippen LogP contribution in [-0.2, 0) is 0 Å². The number of aryl methyl sites for hydroxylation is 2. The summed E-state index contributed by atoms with van der Waals surface area (Å²) in [7, 11) is 0. The quantitative estimate of drug-likeness (QED) is 0.686. The van der Waals surface area contributed by atoms with E-state index >= 15 is 0 Å². The maximum atomic E-state index is 12.2. The Balaban J connectivity index is 2.31. The molecule has 8 heteroatoms. The number of hydrogen-bond donors (Lipinski definition) is 1. The molecule has 0 aliphatic carbocycles. The third-order valence-corrected chi connectivity index (χ3v) is 3.25. The SMILES string of the molecule is Cc1ccc(NC(=O)c2ccc([N+](=O)[O-])c(C)c2)c([N+](=O)[O-])c1. The summed E-state index contributed by atoms with van der Waals surface area (Å²) in [4.78, 5) is 32.9. The largest absolute Gasteiger partial charge is 0.316 e. The summed E-state index contributed by atoms with van der Waals surface area (Å²) in [5.74, 6) is -0.574. The first-order chi connectivity index (χ1) is 10.8. The average molecular weight is 315 g/mol. The van der Waals surface area contributed by atoms with Crippen molar-refractivity contribution >= 4 is 23.0 Å². The Morgan fingerprint density at radius 1 is 0.957 bits per heavy atom. The molecule has 8 nitrogen and oxygen atoms in total. The van der Waals surface area contributed by atoms with Crippen molar-refractivity contribution in [2.75, 3.05) is 5.32 Å².